The third-order valence-electron chi connectivity index (χ3n) is 6.67. The lowest BCUT2D eigenvalue weighted by molar-refractivity contribution is 0.0941. The van der Waals surface area contributed by atoms with Gasteiger partial charge in [0, 0.05) is 41.6 Å². The molecule has 1 aliphatic rings. The zero-order valence-corrected chi connectivity index (χ0v) is 21.7. The topological polar surface area (TPSA) is 58.1 Å². The molecule has 0 aliphatic heterocycles. The summed E-state index contributed by atoms with van der Waals surface area (Å²) in [5.74, 6) is 3.37. The van der Waals surface area contributed by atoms with Crippen molar-refractivity contribution in [2.75, 3.05) is 25.5 Å². The highest BCUT2D eigenvalue weighted by molar-refractivity contribution is 14.1. The van der Waals surface area contributed by atoms with Gasteiger partial charge in [-0.1, -0.05) is 37.5 Å². The fraction of sp³-hybridized carbons (Fsp3) is 0.444. The zero-order valence-electron chi connectivity index (χ0n) is 19.6. The number of carbonyl (C=O) groups is 1. The fourth-order valence-corrected chi connectivity index (χ4v) is 5.34. The van der Waals surface area contributed by atoms with Crippen molar-refractivity contribution in [2.24, 2.45) is 11.8 Å². The van der Waals surface area contributed by atoms with Crippen molar-refractivity contribution >= 4 is 45.2 Å². The number of halogens is 1. The van der Waals surface area contributed by atoms with Gasteiger partial charge in [0.05, 0.1) is 5.52 Å². The van der Waals surface area contributed by atoms with E-state index >= 15 is 0 Å². The quantitative estimate of drug-likeness (QED) is 0.354. The van der Waals surface area contributed by atoms with Crippen LogP contribution < -0.4 is 10.2 Å². The Bertz CT molecular complexity index is 1090. The van der Waals surface area contributed by atoms with E-state index in [9.17, 15) is 4.79 Å². The molecule has 174 valence electrons. The van der Waals surface area contributed by atoms with Gasteiger partial charge in [-0.3, -0.25) is 4.79 Å². The zero-order chi connectivity index (χ0) is 23.2. The van der Waals surface area contributed by atoms with Crippen LogP contribution in [-0.4, -0.2) is 36.5 Å². The predicted octanol–water partition coefficient (Wildman–Crippen LogP) is 5.86. The number of para-hydroxylation sites is 1. The number of carbonyl (C=O) groups excluding carboxylic acids is 1. The number of hydrogen-bond donors (Lipinski definition) is 1. The third kappa shape index (κ3) is 6.43. The van der Waals surface area contributed by atoms with Crippen LogP contribution >= 0.6 is 22.6 Å². The average Bonchev–Trinajstić information content (AvgIpc) is 2.82. The summed E-state index contributed by atoms with van der Waals surface area (Å²) in [7, 11) is 4.08. The third-order valence-corrected chi connectivity index (χ3v) is 7.34. The van der Waals surface area contributed by atoms with Crippen LogP contribution in [0.3, 0.4) is 0 Å². The minimum absolute atomic E-state index is 0.0446. The number of fused-ring (bicyclic) bond motifs is 1. The molecule has 33 heavy (non-hydrogen) atoms. The van der Waals surface area contributed by atoms with Crippen molar-refractivity contribution in [2.45, 2.75) is 44.9 Å². The fourth-order valence-electron chi connectivity index (χ4n) is 4.80. The second-order valence-electron chi connectivity index (χ2n) is 9.37. The monoisotopic (exact) mass is 556 g/mol. The molecular formula is C27H33IN4O. The molecule has 0 bridgehead atoms. The van der Waals surface area contributed by atoms with Crippen LogP contribution in [0.2, 0.25) is 0 Å². The molecule has 0 radical (unpaired) electrons. The van der Waals surface area contributed by atoms with Gasteiger partial charge in [0.2, 0.25) is 0 Å². The highest BCUT2D eigenvalue weighted by Gasteiger charge is 2.22. The van der Waals surface area contributed by atoms with Gasteiger partial charge in [-0.15, -0.1) is 0 Å². The first-order chi connectivity index (χ1) is 16.0. The normalized spacial score (nSPS) is 18.3. The lowest BCUT2D eigenvalue weighted by atomic mass is 9.80. The summed E-state index contributed by atoms with van der Waals surface area (Å²) < 4.78 is 1.09. The average molecular weight is 556 g/mol. The molecule has 5 nitrogen and oxygen atoms in total. The van der Waals surface area contributed by atoms with Crippen molar-refractivity contribution < 1.29 is 4.79 Å². The second-order valence-corrected chi connectivity index (χ2v) is 10.6. The standard InChI is InChI=1S/C27H33IN4O/c1-32(2)26-23-10-3-4-11-24(23)30-25(31-26)12-5-7-19-13-15-20(16-14-19)18-29-27(33)21-8-6-9-22(28)17-21/h3-4,6,8-11,17,19-20H,5,7,12-16,18H2,1-2H3,(H,29,33). The van der Waals surface area contributed by atoms with E-state index in [-0.39, 0.29) is 5.91 Å². The summed E-state index contributed by atoms with van der Waals surface area (Å²) in [6, 6.07) is 16.0. The van der Waals surface area contributed by atoms with Gasteiger partial charge in [-0.05, 0) is 84.0 Å². The molecule has 0 unspecified atom stereocenters. The van der Waals surface area contributed by atoms with Gasteiger partial charge in [0.1, 0.15) is 11.6 Å². The van der Waals surface area contributed by atoms with E-state index in [4.69, 9.17) is 9.97 Å². The molecule has 1 fully saturated rings. The first-order valence-corrected chi connectivity index (χ1v) is 13.0. The number of nitrogens with zero attached hydrogens (tertiary/aromatic N) is 3. The highest BCUT2D eigenvalue weighted by atomic mass is 127. The predicted molar refractivity (Wildman–Crippen MR) is 144 cm³/mol. The lowest BCUT2D eigenvalue weighted by Crippen LogP contribution is -2.31. The molecule has 1 aliphatic carbocycles. The molecule has 0 spiro atoms. The van der Waals surface area contributed by atoms with E-state index in [2.05, 4.69) is 44.9 Å². The highest BCUT2D eigenvalue weighted by Crippen LogP contribution is 2.32. The van der Waals surface area contributed by atoms with Gasteiger partial charge in [-0.2, -0.15) is 0 Å². The number of amides is 1. The van der Waals surface area contributed by atoms with Crippen molar-refractivity contribution in [1.82, 2.24) is 15.3 Å². The molecule has 1 amide bonds. The van der Waals surface area contributed by atoms with Gasteiger partial charge in [0.25, 0.3) is 5.91 Å². The summed E-state index contributed by atoms with van der Waals surface area (Å²) >= 11 is 2.24. The molecule has 1 N–H and O–H groups in total. The van der Waals surface area contributed by atoms with E-state index in [0.717, 1.165) is 57.0 Å². The summed E-state index contributed by atoms with van der Waals surface area (Å²) in [5, 5.41) is 4.25. The maximum absolute atomic E-state index is 12.4. The first-order valence-electron chi connectivity index (χ1n) is 12.0. The molecule has 3 aromatic rings. The number of nitrogens with one attached hydrogen (secondary N) is 1. The van der Waals surface area contributed by atoms with E-state index in [0.29, 0.717) is 5.92 Å². The summed E-state index contributed by atoms with van der Waals surface area (Å²) in [4.78, 5) is 24.1. The molecule has 6 heteroatoms. The van der Waals surface area contributed by atoms with Crippen LogP contribution in [0.15, 0.2) is 48.5 Å². The first kappa shape index (κ1) is 23.9. The van der Waals surface area contributed by atoms with Crippen LogP contribution in [0.25, 0.3) is 10.9 Å². The molecule has 0 atom stereocenters. The van der Waals surface area contributed by atoms with E-state index in [1.54, 1.807) is 0 Å². The van der Waals surface area contributed by atoms with Gasteiger partial charge >= 0.3 is 0 Å². The van der Waals surface area contributed by atoms with E-state index < -0.39 is 0 Å². The molecule has 4 rings (SSSR count). The van der Waals surface area contributed by atoms with Crippen LogP contribution in [0.4, 0.5) is 5.82 Å². The number of aromatic nitrogens is 2. The van der Waals surface area contributed by atoms with Crippen molar-refractivity contribution in [3.63, 3.8) is 0 Å². The number of aryl methyl sites for hydroxylation is 1. The minimum atomic E-state index is 0.0446. The molecule has 0 saturated heterocycles. The Labute approximate surface area is 210 Å². The van der Waals surface area contributed by atoms with Gasteiger partial charge in [0.15, 0.2) is 0 Å². The number of rotatable bonds is 8. The van der Waals surface area contributed by atoms with E-state index in [1.807, 2.05) is 50.5 Å². The summed E-state index contributed by atoms with van der Waals surface area (Å²) in [5.41, 5.74) is 1.78. The Morgan fingerprint density at radius 2 is 1.79 bits per heavy atom. The van der Waals surface area contributed by atoms with Crippen molar-refractivity contribution in [3.05, 3.63) is 63.5 Å². The van der Waals surface area contributed by atoms with Crippen LogP contribution in [-0.2, 0) is 6.42 Å². The molecule has 2 aromatic carbocycles. The maximum Gasteiger partial charge on any atom is 0.251 e. The largest absolute Gasteiger partial charge is 0.362 e. The van der Waals surface area contributed by atoms with Gasteiger partial charge in [-0.25, -0.2) is 9.97 Å². The Balaban J connectivity index is 1.21. The lowest BCUT2D eigenvalue weighted by Gasteiger charge is -2.28. The van der Waals surface area contributed by atoms with Crippen molar-refractivity contribution in [3.8, 4) is 0 Å². The van der Waals surface area contributed by atoms with Crippen LogP contribution in [0, 0.1) is 15.4 Å². The molecule has 1 aromatic heterocycles. The summed E-state index contributed by atoms with van der Waals surface area (Å²) in [6.07, 6.45) is 8.20. The van der Waals surface area contributed by atoms with Gasteiger partial charge < -0.3 is 10.2 Å². The van der Waals surface area contributed by atoms with Crippen molar-refractivity contribution in [1.29, 1.82) is 0 Å². The van der Waals surface area contributed by atoms with Crippen LogP contribution in [0.5, 0.6) is 0 Å². The number of hydrogen-bond acceptors (Lipinski definition) is 4. The maximum atomic E-state index is 12.4. The van der Waals surface area contributed by atoms with Crippen LogP contribution in [0.1, 0.15) is 54.7 Å². The molecular weight excluding hydrogens is 523 g/mol. The van der Waals surface area contributed by atoms with E-state index in [1.165, 1.54) is 32.1 Å². The number of benzene rings is 2. The second kappa shape index (κ2) is 11.3. The smallest absolute Gasteiger partial charge is 0.251 e. The Morgan fingerprint density at radius 1 is 1.03 bits per heavy atom. The molecule has 1 heterocycles. The minimum Gasteiger partial charge on any atom is -0.362 e. The Hall–Kier alpha value is -2.22. The summed E-state index contributed by atoms with van der Waals surface area (Å²) in [6.45, 7) is 0.787. The SMILES string of the molecule is CN(C)c1nc(CCCC2CCC(CNC(=O)c3cccc(I)c3)CC2)nc2ccccc12. The number of anilines is 1. The Kier molecular flexibility index (Phi) is 8.17. The Morgan fingerprint density at radius 3 is 2.55 bits per heavy atom. The molecule has 1 saturated carbocycles.